The number of thiol groups is 1. The molecule has 0 aromatic carbocycles. The number of rotatable bonds is 2. The zero-order valence-electron chi connectivity index (χ0n) is 5.87. The first-order chi connectivity index (χ1) is 5.33. The molecule has 0 radical (unpaired) electrons. The van der Waals surface area contributed by atoms with E-state index in [1.165, 1.54) is 0 Å². The summed E-state index contributed by atoms with van der Waals surface area (Å²) < 4.78 is 0. The number of aromatic nitrogens is 1. The largest absolute Gasteiger partial charge is 0.263 e. The van der Waals surface area contributed by atoms with E-state index in [4.69, 9.17) is 11.6 Å². The Balaban J connectivity index is 2.79. The van der Waals surface area contributed by atoms with Crippen LogP contribution in [0.25, 0.3) is 6.08 Å². The molecule has 0 N–H and O–H groups in total. The second kappa shape index (κ2) is 4.42. The molecule has 0 aliphatic heterocycles. The standard InChI is InChI=1S/C8H8ClNS/c9-8-4-7(2-1-3-11)5-10-6-8/h1-2,4-6,11H,3H2. The third kappa shape index (κ3) is 2.95. The van der Waals surface area contributed by atoms with Gasteiger partial charge in [-0.25, -0.2) is 0 Å². The van der Waals surface area contributed by atoms with Crippen molar-refractivity contribution in [2.45, 2.75) is 0 Å². The van der Waals surface area contributed by atoms with Crippen LogP contribution >= 0.6 is 24.2 Å². The van der Waals surface area contributed by atoms with Gasteiger partial charge in [-0.3, -0.25) is 4.98 Å². The van der Waals surface area contributed by atoms with Crippen LogP contribution in [-0.2, 0) is 0 Å². The molecule has 3 heteroatoms. The Kier molecular flexibility index (Phi) is 3.46. The van der Waals surface area contributed by atoms with Gasteiger partial charge in [-0.1, -0.05) is 23.8 Å². The number of pyridine rings is 1. The molecule has 1 rings (SSSR count). The van der Waals surface area contributed by atoms with Gasteiger partial charge in [-0.05, 0) is 11.6 Å². The van der Waals surface area contributed by atoms with Gasteiger partial charge < -0.3 is 0 Å². The minimum Gasteiger partial charge on any atom is -0.263 e. The van der Waals surface area contributed by atoms with Crippen molar-refractivity contribution in [3.63, 3.8) is 0 Å². The van der Waals surface area contributed by atoms with Crippen molar-refractivity contribution in [3.8, 4) is 0 Å². The van der Waals surface area contributed by atoms with Gasteiger partial charge in [0.2, 0.25) is 0 Å². The molecule has 1 nitrogen and oxygen atoms in total. The van der Waals surface area contributed by atoms with E-state index in [0.29, 0.717) is 5.02 Å². The Morgan fingerprint density at radius 1 is 1.55 bits per heavy atom. The van der Waals surface area contributed by atoms with E-state index < -0.39 is 0 Å². The summed E-state index contributed by atoms with van der Waals surface area (Å²) in [5, 5.41) is 0.659. The topological polar surface area (TPSA) is 12.9 Å². The maximum Gasteiger partial charge on any atom is 0.0595 e. The van der Waals surface area contributed by atoms with Crippen molar-refractivity contribution in [2.75, 3.05) is 5.75 Å². The van der Waals surface area contributed by atoms with Crippen LogP contribution < -0.4 is 0 Å². The first-order valence-corrected chi connectivity index (χ1v) is 4.22. The molecule has 0 bridgehead atoms. The number of hydrogen-bond acceptors (Lipinski definition) is 2. The lowest BCUT2D eigenvalue weighted by Crippen LogP contribution is -1.75. The fraction of sp³-hybridized carbons (Fsp3) is 0.125. The van der Waals surface area contributed by atoms with Gasteiger partial charge in [0, 0.05) is 18.1 Å². The monoisotopic (exact) mass is 185 g/mol. The van der Waals surface area contributed by atoms with Gasteiger partial charge in [0.15, 0.2) is 0 Å². The number of halogens is 1. The van der Waals surface area contributed by atoms with E-state index in [2.05, 4.69) is 17.6 Å². The van der Waals surface area contributed by atoms with Crippen molar-refractivity contribution in [3.05, 3.63) is 35.1 Å². The number of nitrogens with zero attached hydrogens (tertiary/aromatic N) is 1. The molecule has 0 aliphatic rings. The molecule has 0 saturated heterocycles. The van der Waals surface area contributed by atoms with Crippen LogP contribution in [0.1, 0.15) is 5.56 Å². The Bertz CT molecular complexity index is 260. The zero-order chi connectivity index (χ0) is 8.10. The highest BCUT2D eigenvalue weighted by Crippen LogP contribution is 2.09. The first-order valence-electron chi connectivity index (χ1n) is 3.21. The molecule has 1 aromatic heterocycles. The molecule has 0 amide bonds. The molecular formula is C8H8ClNS. The summed E-state index contributed by atoms with van der Waals surface area (Å²) in [5.74, 6) is 0.729. The van der Waals surface area contributed by atoms with Crippen LogP contribution in [0.4, 0.5) is 0 Å². The van der Waals surface area contributed by atoms with Gasteiger partial charge in [0.05, 0.1) is 5.02 Å². The molecule has 0 aliphatic carbocycles. The Hall–Kier alpha value is -0.470. The molecule has 0 atom stereocenters. The van der Waals surface area contributed by atoms with E-state index in [0.717, 1.165) is 11.3 Å². The minimum absolute atomic E-state index is 0.659. The van der Waals surface area contributed by atoms with Crippen molar-refractivity contribution in [1.82, 2.24) is 4.98 Å². The Morgan fingerprint density at radius 3 is 3.00 bits per heavy atom. The third-order valence-corrected chi connectivity index (χ3v) is 1.56. The lowest BCUT2D eigenvalue weighted by atomic mass is 10.3. The molecule has 58 valence electrons. The third-order valence-electron chi connectivity index (χ3n) is 1.14. The SMILES string of the molecule is SCC=Cc1cncc(Cl)c1. The smallest absolute Gasteiger partial charge is 0.0595 e. The highest BCUT2D eigenvalue weighted by Gasteiger charge is 1.88. The van der Waals surface area contributed by atoms with E-state index in [-0.39, 0.29) is 0 Å². The predicted molar refractivity (Wildman–Crippen MR) is 52.1 cm³/mol. The molecular weight excluding hydrogens is 178 g/mol. The second-order valence-corrected chi connectivity index (χ2v) is 2.82. The van der Waals surface area contributed by atoms with Crippen LogP contribution in [0.2, 0.25) is 5.02 Å². The molecule has 0 unspecified atom stereocenters. The van der Waals surface area contributed by atoms with Gasteiger partial charge in [-0.15, -0.1) is 0 Å². The summed E-state index contributed by atoms with van der Waals surface area (Å²) in [7, 11) is 0. The molecule has 0 saturated carbocycles. The summed E-state index contributed by atoms with van der Waals surface area (Å²) in [5.41, 5.74) is 1.01. The fourth-order valence-corrected chi connectivity index (χ4v) is 0.996. The van der Waals surface area contributed by atoms with Gasteiger partial charge in [0.1, 0.15) is 0 Å². The molecule has 1 aromatic rings. The molecule has 0 fully saturated rings. The lowest BCUT2D eigenvalue weighted by molar-refractivity contribution is 1.32. The van der Waals surface area contributed by atoms with E-state index in [1.807, 2.05) is 18.2 Å². The predicted octanol–water partition coefficient (Wildman–Crippen LogP) is 2.68. The van der Waals surface area contributed by atoms with Crippen molar-refractivity contribution < 1.29 is 0 Å². The van der Waals surface area contributed by atoms with Crippen LogP contribution in [0.5, 0.6) is 0 Å². The quantitative estimate of drug-likeness (QED) is 0.700. The molecule has 1 heterocycles. The Labute approximate surface area is 76.5 Å². The lowest BCUT2D eigenvalue weighted by Gasteiger charge is -1.91. The summed E-state index contributed by atoms with van der Waals surface area (Å²) >= 11 is 9.74. The van der Waals surface area contributed by atoms with Crippen molar-refractivity contribution in [2.24, 2.45) is 0 Å². The average Bonchev–Trinajstić information content (AvgIpc) is 2.01. The Morgan fingerprint density at radius 2 is 2.36 bits per heavy atom. The van der Waals surface area contributed by atoms with Crippen LogP contribution in [-0.4, -0.2) is 10.7 Å². The normalized spacial score (nSPS) is 10.7. The van der Waals surface area contributed by atoms with E-state index >= 15 is 0 Å². The van der Waals surface area contributed by atoms with E-state index in [1.54, 1.807) is 12.4 Å². The minimum atomic E-state index is 0.659. The summed E-state index contributed by atoms with van der Waals surface area (Å²) in [6.07, 6.45) is 7.24. The summed E-state index contributed by atoms with van der Waals surface area (Å²) in [6.45, 7) is 0. The van der Waals surface area contributed by atoms with Gasteiger partial charge in [-0.2, -0.15) is 12.6 Å². The maximum absolute atomic E-state index is 5.71. The van der Waals surface area contributed by atoms with Crippen molar-refractivity contribution in [1.29, 1.82) is 0 Å². The highest BCUT2D eigenvalue weighted by molar-refractivity contribution is 7.80. The molecule has 11 heavy (non-hydrogen) atoms. The van der Waals surface area contributed by atoms with Crippen LogP contribution in [0.3, 0.4) is 0 Å². The van der Waals surface area contributed by atoms with E-state index in [9.17, 15) is 0 Å². The second-order valence-electron chi connectivity index (χ2n) is 2.02. The van der Waals surface area contributed by atoms with Crippen LogP contribution in [0, 0.1) is 0 Å². The van der Waals surface area contributed by atoms with Crippen molar-refractivity contribution >= 4 is 30.3 Å². The van der Waals surface area contributed by atoms with Crippen LogP contribution in [0.15, 0.2) is 24.5 Å². The fourth-order valence-electron chi connectivity index (χ4n) is 0.708. The first kappa shape index (κ1) is 8.62. The van der Waals surface area contributed by atoms with Gasteiger partial charge >= 0.3 is 0 Å². The summed E-state index contributed by atoms with van der Waals surface area (Å²) in [6, 6.07) is 1.86. The molecule has 0 spiro atoms. The number of hydrogen-bond donors (Lipinski definition) is 1. The highest BCUT2D eigenvalue weighted by atomic mass is 35.5. The maximum atomic E-state index is 5.71. The zero-order valence-corrected chi connectivity index (χ0v) is 7.52. The van der Waals surface area contributed by atoms with Gasteiger partial charge in [0.25, 0.3) is 0 Å². The average molecular weight is 186 g/mol. The summed E-state index contributed by atoms with van der Waals surface area (Å²) in [4.78, 5) is 3.93.